The number of nitrogens with zero attached hydrogens (tertiary/aromatic N) is 2. The van der Waals surface area contributed by atoms with Crippen molar-refractivity contribution < 1.29 is 0 Å². The van der Waals surface area contributed by atoms with Crippen LogP contribution in [0, 0.1) is 0 Å². The fourth-order valence-corrected chi connectivity index (χ4v) is 9.09. The molecule has 0 aliphatic carbocycles. The summed E-state index contributed by atoms with van der Waals surface area (Å²) in [6.45, 7) is 0.160. The van der Waals surface area contributed by atoms with Crippen molar-refractivity contribution in [3.63, 3.8) is 0 Å². The van der Waals surface area contributed by atoms with E-state index in [4.69, 9.17) is 0 Å². The molecule has 10 rings (SSSR count). The fraction of sp³-hybridized carbons (Fsp3) is 0. The van der Waals surface area contributed by atoms with E-state index in [2.05, 4.69) is 185 Å². The SMILES string of the molecule is c1ccc(-c2c(-c3ccccc3)n(-c3cc4c5c(c3)N(c3ccccc3)c3ccccc3B5c3ccccc3S4)c3ccccc23)cc1. The molecule has 0 unspecified atom stereocenters. The van der Waals surface area contributed by atoms with Gasteiger partial charge in [-0.2, -0.15) is 0 Å². The molecule has 4 heteroatoms. The van der Waals surface area contributed by atoms with E-state index in [0.717, 1.165) is 11.4 Å². The van der Waals surface area contributed by atoms with E-state index in [-0.39, 0.29) is 6.71 Å². The number of benzene rings is 7. The Morgan fingerprint density at radius 3 is 1.88 bits per heavy atom. The standard InChI is InChI=1S/C44H29BN2S/c1-4-16-30(17-5-1)42-34-22-10-13-25-37(34)47(44(42)31-18-6-2-7-19-31)33-28-39-43-41(29-33)48-40-27-15-12-24-36(40)45(43)35-23-11-14-26-38(35)46(39)32-20-8-3-9-21-32/h1-29H. The highest BCUT2D eigenvalue weighted by Gasteiger charge is 2.41. The fourth-order valence-electron chi connectivity index (χ4n) is 7.89. The van der Waals surface area contributed by atoms with Crippen LogP contribution >= 0.6 is 11.8 Å². The van der Waals surface area contributed by atoms with Gasteiger partial charge in [-0.15, -0.1) is 0 Å². The van der Waals surface area contributed by atoms with Crippen LogP contribution in [0.3, 0.4) is 0 Å². The summed E-state index contributed by atoms with van der Waals surface area (Å²) in [5.74, 6) is 0. The molecule has 2 aliphatic rings. The zero-order chi connectivity index (χ0) is 31.6. The molecule has 0 amide bonds. The predicted octanol–water partition coefficient (Wildman–Crippen LogP) is 9.73. The van der Waals surface area contributed by atoms with Gasteiger partial charge in [0.05, 0.1) is 11.2 Å². The molecular formula is C44H29BN2S. The molecule has 8 aromatic rings. The molecule has 224 valence electrons. The maximum atomic E-state index is 2.50. The van der Waals surface area contributed by atoms with Gasteiger partial charge in [-0.25, -0.2) is 0 Å². The summed E-state index contributed by atoms with van der Waals surface area (Å²) in [5.41, 5.74) is 15.0. The lowest BCUT2D eigenvalue weighted by Crippen LogP contribution is -2.59. The summed E-state index contributed by atoms with van der Waals surface area (Å²) < 4.78 is 2.50. The van der Waals surface area contributed by atoms with Gasteiger partial charge in [0, 0.05) is 43.5 Å². The van der Waals surface area contributed by atoms with Crippen molar-refractivity contribution in [2.75, 3.05) is 4.90 Å². The van der Waals surface area contributed by atoms with Gasteiger partial charge < -0.3 is 9.47 Å². The summed E-state index contributed by atoms with van der Waals surface area (Å²) in [6.07, 6.45) is 0. The van der Waals surface area contributed by atoms with E-state index in [1.807, 2.05) is 11.8 Å². The van der Waals surface area contributed by atoms with Crippen molar-refractivity contribution in [1.29, 1.82) is 0 Å². The molecule has 2 nitrogen and oxygen atoms in total. The molecule has 0 saturated heterocycles. The van der Waals surface area contributed by atoms with Crippen molar-refractivity contribution in [1.82, 2.24) is 4.57 Å². The molecule has 0 bridgehead atoms. The monoisotopic (exact) mass is 628 g/mol. The Labute approximate surface area is 285 Å². The van der Waals surface area contributed by atoms with Gasteiger partial charge in [-0.1, -0.05) is 151 Å². The summed E-state index contributed by atoms with van der Waals surface area (Å²) in [5, 5.41) is 1.25. The quantitative estimate of drug-likeness (QED) is 0.179. The lowest BCUT2D eigenvalue weighted by atomic mass is 9.35. The van der Waals surface area contributed by atoms with Crippen molar-refractivity contribution in [2.24, 2.45) is 0 Å². The number of aromatic nitrogens is 1. The highest BCUT2D eigenvalue weighted by atomic mass is 32.2. The Hall–Kier alpha value is -5.71. The molecule has 7 aromatic carbocycles. The Morgan fingerprint density at radius 1 is 0.458 bits per heavy atom. The Balaban J connectivity index is 1.33. The third-order valence-corrected chi connectivity index (χ3v) is 11.0. The third-order valence-electron chi connectivity index (χ3n) is 9.83. The molecule has 0 N–H and O–H groups in total. The normalized spacial score (nSPS) is 12.8. The summed E-state index contributed by atoms with van der Waals surface area (Å²) >= 11 is 1.90. The number of fused-ring (bicyclic) bond motifs is 5. The van der Waals surface area contributed by atoms with Crippen LogP contribution in [0.4, 0.5) is 17.1 Å². The molecular weight excluding hydrogens is 599 g/mol. The molecule has 0 spiro atoms. The molecule has 2 aliphatic heterocycles. The minimum atomic E-state index is 0.160. The number of hydrogen-bond acceptors (Lipinski definition) is 2. The van der Waals surface area contributed by atoms with Crippen LogP contribution in [-0.2, 0) is 0 Å². The van der Waals surface area contributed by atoms with Crippen LogP contribution in [0.1, 0.15) is 0 Å². The predicted molar refractivity (Wildman–Crippen MR) is 204 cm³/mol. The lowest BCUT2D eigenvalue weighted by molar-refractivity contribution is 1.12. The zero-order valence-electron chi connectivity index (χ0n) is 26.1. The molecule has 0 fully saturated rings. The molecule has 0 atom stereocenters. The van der Waals surface area contributed by atoms with Gasteiger partial charge in [0.15, 0.2) is 0 Å². The van der Waals surface area contributed by atoms with E-state index in [0.29, 0.717) is 0 Å². The van der Waals surface area contributed by atoms with Gasteiger partial charge in [0.1, 0.15) is 0 Å². The van der Waals surface area contributed by atoms with Gasteiger partial charge in [-0.05, 0) is 64.5 Å². The number of hydrogen-bond donors (Lipinski definition) is 0. The molecule has 48 heavy (non-hydrogen) atoms. The summed E-state index contributed by atoms with van der Waals surface area (Å²) in [4.78, 5) is 5.11. The highest BCUT2D eigenvalue weighted by Crippen LogP contribution is 2.46. The van der Waals surface area contributed by atoms with Crippen LogP contribution in [0.25, 0.3) is 39.0 Å². The van der Waals surface area contributed by atoms with Crippen LogP contribution in [0.5, 0.6) is 0 Å². The van der Waals surface area contributed by atoms with Crippen LogP contribution in [-0.4, -0.2) is 11.3 Å². The third kappa shape index (κ3) is 4.09. The van der Waals surface area contributed by atoms with E-state index in [1.165, 1.54) is 70.8 Å². The van der Waals surface area contributed by atoms with Crippen molar-refractivity contribution in [3.8, 4) is 28.1 Å². The average Bonchev–Trinajstić information content (AvgIpc) is 3.51. The second-order valence-corrected chi connectivity index (χ2v) is 13.6. The molecule has 0 radical (unpaired) electrons. The minimum Gasteiger partial charge on any atom is -0.311 e. The van der Waals surface area contributed by atoms with Crippen molar-refractivity contribution in [3.05, 3.63) is 176 Å². The van der Waals surface area contributed by atoms with Gasteiger partial charge in [0.2, 0.25) is 6.71 Å². The van der Waals surface area contributed by atoms with E-state index < -0.39 is 0 Å². The average molecular weight is 629 g/mol. The molecule has 3 heterocycles. The maximum absolute atomic E-state index is 2.50. The first-order valence-corrected chi connectivity index (χ1v) is 17.3. The van der Waals surface area contributed by atoms with Crippen molar-refractivity contribution >= 4 is 62.8 Å². The van der Waals surface area contributed by atoms with E-state index in [1.54, 1.807) is 0 Å². The molecule has 1 aromatic heterocycles. The first kappa shape index (κ1) is 27.4. The zero-order valence-corrected chi connectivity index (χ0v) is 26.9. The largest absolute Gasteiger partial charge is 0.311 e. The topological polar surface area (TPSA) is 8.17 Å². The number of rotatable bonds is 4. The number of anilines is 3. The lowest BCUT2D eigenvalue weighted by Gasteiger charge is -2.40. The summed E-state index contributed by atoms with van der Waals surface area (Å²) in [6, 6.07) is 64.3. The highest BCUT2D eigenvalue weighted by molar-refractivity contribution is 8.00. The van der Waals surface area contributed by atoms with Gasteiger partial charge >= 0.3 is 0 Å². The van der Waals surface area contributed by atoms with E-state index >= 15 is 0 Å². The maximum Gasteiger partial charge on any atom is 0.249 e. The van der Waals surface area contributed by atoms with Crippen LogP contribution in [0.2, 0.25) is 0 Å². The molecule has 0 saturated carbocycles. The Bertz CT molecular complexity index is 2490. The summed E-state index contributed by atoms with van der Waals surface area (Å²) in [7, 11) is 0. The minimum absolute atomic E-state index is 0.160. The Morgan fingerprint density at radius 2 is 1.08 bits per heavy atom. The second kappa shape index (κ2) is 10.9. The number of para-hydroxylation sites is 3. The first-order valence-electron chi connectivity index (χ1n) is 16.5. The van der Waals surface area contributed by atoms with Crippen molar-refractivity contribution in [2.45, 2.75) is 9.79 Å². The second-order valence-electron chi connectivity index (χ2n) is 12.5. The Kier molecular flexibility index (Phi) is 6.25. The van der Waals surface area contributed by atoms with Gasteiger partial charge in [-0.3, -0.25) is 0 Å². The van der Waals surface area contributed by atoms with Gasteiger partial charge in [0.25, 0.3) is 0 Å². The van der Waals surface area contributed by atoms with Crippen LogP contribution in [0.15, 0.2) is 186 Å². The first-order chi connectivity index (χ1) is 23.8. The van der Waals surface area contributed by atoms with E-state index in [9.17, 15) is 0 Å². The van der Waals surface area contributed by atoms with Crippen LogP contribution < -0.4 is 21.3 Å². The smallest absolute Gasteiger partial charge is 0.249 e.